The van der Waals surface area contributed by atoms with Crippen LogP contribution in [0.4, 0.5) is 0 Å². The third-order valence-corrected chi connectivity index (χ3v) is 4.89. The van der Waals surface area contributed by atoms with E-state index in [1.165, 1.54) is 0 Å². The number of H-pyrrole nitrogens is 1. The summed E-state index contributed by atoms with van der Waals surface area (Å²) in [6.45, 7) is 1.35. The van der Waals surface area contributed by atoms with Crippen LogP contribution in [-0.2, 0) is 6.54 Å². The van der Waals surface area contributed by atoms with Crippen LogP contribution in [0, 0.1) is 11.3 Å². The van der Waals surface area contributed by atoms with E-state index in [1.807, 2.05) is 30.3 Å². The van der Waals surface area contributed by atoms with E-state index in [0.717, 1.165) is 32.2 Å². The second-order valence-corrected chi connectivity index (χ2v) is 6.50. The SMILES string of the molecule is Cl.N#CCCNCc1[nH]c2cc(Br)c(Cl)cc2c1-c1ccccc1. The van der Waals surface area contributed by atoms with E-state index in [1.54, 1.807) is 0 Å². The molecule has 24 heavy (non-hydrogen) atoms. The van der Waals surface area contributed by atoms with E-state index >= 15 is 0 Å². The Morgan fingerprint density at radius 1 is 1.21 bits per heavy atom. The van der Waals surface area contributed by atoms with Crippen molar-refractivity contribution in [3.8, 4) is 17.2 Å². The smallest absolute Gasteiger partial charge is 0.0635 e. The Morgan fingerprint density at radius 3 is 2.67 bits per heavy atom. The molecular weight excluding hydrogens is 409 g/mol. The third-order valence-electron chi connectivity index (χ3n) is 3.69. The van der Waals surface area contributed by atoms with Gasteiger partial charge in [0.15, 0.2) is 0 Å². The number of benzene rings is 2. The largest absolute Gasteiger partial charge is 0.357 e. The highest BCUT2D eigenvalue weighted by Gasteiger charge is 2.14. The minimum atomic E-state index is 0. The Balaban J connectivity index is 0.00000208. The molecule has 0 aliphatic rings. The van der Waals surface area contributed by atoms with Gasteiger partial charge in [-0.1, -0.05) is 41.9 Å². The lowest BCUT2D eigenvalue weighted by Crippen LogP contribution is -2.14. The van der Waals surface area contributed by atoms with Crippen LogP contribution in [0.2, 0.25) is 5.02 Å². The minimum absolute atomic E-state index is 0. The topological polar surface area (TPSA) is 51.6 Å². The van der Waals surface area contributed by atoms with Crippen molar-refractivity contribution in [3.05, 3.63) is 57.7 Å². The number of nitriles is 1. The van der Waals surface area contributed by atoms with Gasteiger partial charge in [-0.3, -0.25) is 0 Å². The molecule has 0 spiro atoms. The number of fused-ring (bicyclic) bond motifs is 1. The van der Waals surface area contributed by atoms with E-state index in [0.29, 0.717) is 24.5 Å². The number of nitrogens with zero attached hydrogens (tertiary/aromatic N) is 1. The monoisotopic (exact) mass is 423 g/mol. The molecule has 3 aromatic rings. The zero-order valence-electron chi connectivity index (χ0n) is 12.8. The van der Waals surface area contributed by atoms with Crippen LogP contribution >= 0.6 is 39.9 Å². The summed E-state index contributed by atoms with van der Waals surface area (Å²) in [7, 11) is 0. The highest BCUT2D eigenvalue weighted by molar-refractivity contribution is 9.10. The van der Waals surface area contributed by atoms with Crippen molar-refractivity contribution in [2.45, 2.75) is 13.0 Å². The van der Waals surface area contributed by atoms with E-state index in [2.05, 4.69) is 44.4 Å². The fourth-order valence-corrected chi connectivity index (χ4v) is 3.18. The lowest BCUT2D eigenvalue weighted by Gasteiger charge is -2.06. The average molecular weight is 425 g/mol. The van der Waals surface area contributed by atoms with E-state index < -0.39 is 0 Å². The van der Waals surface area contributed by atoms with Crippen LogP contribution in [0.15, 0.2) is 46.9 Å². The molecule has 0 saturated heterocycles. The normalized spacial score (nSPS) is 10.4. The van der Waals surface area contributed by atoms with Gasteiger partial charge < -0.3 is 10.3 Å². The Morgan fingerprint density at radius 2 is 1.96 bits per heavy atom. The number of aromatic nitrogens is 1. The zero-order chi connectivity index (χ0) is 16.2. The number of hydrogen-bond acceptors (Lipinski definition) is 2. The quantitative estimate of drug-likeness (QED) is 0.518. The summed E-state index contributed by atoms with van der Waals surface area (Å²) in [5.74, 6) is 0. The Labute approximate surface area is 160 Å². The molecule has 1 heterocycles. The molecular formula is C18H16BrCl2N3. The molecule has 3 rings (SSSR count). The molecule has 0 radical (unpaired) electrons. The molecule has 0 unspecified atom stereocenters. The summed E-state index contributed by atoms with van der Waals surface area (Å²) in [5.41, 5.74) is 4.43. The number of aromatic amines is 1. The van der Waals surface area contributed by atoms with Crippen LogP contribution in [0.3, 0.4) is 0 Å². The number of nitrogens with one attached hydrogen (secondary N) is 2. The van der Waals surface area contributed by atoms with Crippen LogP contribution in [0.5, 0.6) is 0 Å². The van der Waals surface area contributed by atoms with Crippen LogP contribution < -0.4 is 5.32 Å². The first-order valence-corrected chi connectivity index (χ1v) is 8.50. The number of halogens is 3. The van der Waals surface area contributed by atoms with Crippen molar-refractivity contribution in [1.29, 1.82) is 5.26 Å². The van der Waals surface area contributed by atoms with Crippen molar-refractivity contribution in [2.24, 2.45) is 0 Å². The Hall–Kier alpha value is -1.51. The van der Waals surface area contributed by atoms with Crippen molar-refractivity contribution < 1.29 is 0 Å². The van der Waals surface area contributed by atoms with Gasteiger partial charge >= 0.3 is 0 Å². The standard InChI is InChI=1S/C18H15BrClN3.ClH/c19-14-10-16-13(9-15(14)20)18(12-5-2-1-3-6-12)17(23-16)11-22-8-4-7-21;/h1-3,5-6,9-10,22-23H,4,8,11H2;1H. The first-order chi connectivity index (χ1) is 11.2. The van der Waals surface area contributed by atoms with Crippen molar-refractivity contribution >= 4 is 50.8 Å². The van der Waals surface area contributed by atoms with Crippen LogP contribution in [0.1, 0.15) is 12.1 Å². The first-order valence-electron chi connectivity index (χ1n) is 7.33. The Kier molecular flexibility index (Phi) is 6.70. The van der Waals surface area contributed by atoms with E-state index in [9.17, 15) is 0 Å². The molecule has 124 valence electrons. The summed E-state index contributed by atoms with van der Waals surface area (Å²) < 4.78 is 0.872. The predicted molar refractivity (Wildman–Crippen MR) is 106 cm³/mol. The molecule has 0 bridgehead atoms. The van der Waals surface area contributed by atoms with Gasteiger partial charge in [0.1, 0.15) is 0 Å². The van der Waals surface area contributed by atoms with Crippen LogP contribution in [0.25, 0.3) is 22.0 Å². The molecule has 0 fully saturated rings. The van der Waals surface area contributed by atoms with Crippen molar-refractivity contribution in [1.82, 2.24) is 10.3 Å². The van der Waals surface area contributed by atoms with Crippen molar-refractivity contribution in [2.75, 3.05) is 6.54 Å². The van der Waals surface area contributed by atoms with Gasteiger partial charge in [0.25, 0.3) is 0 Å². The first kappa shape index (κ1) is 18.8. The highest BCUT2D eigenvalue weighted by Crippen LogP contribution is 2.36. The highest BCUT2D eigenvalue weighted by atomic mass is 79.9. The fraction of sp³-hybridized carbons (Fsp3) is 0.167. The minimum Gasteiger partial charge on any atom is -0.357 e. The molecule has 0 amide bonds. The lowest BCUT2D eigenvalue weighted by molar-refractivity contribution is 0.690. The van der Waals surface area contributed by atoms with Gasteiger partial charge in [0.05, 0.1) is 11.1 Å². The van der Waals surface area contributed by atoms with Crippen LogP contribution in [-0.4, -0.2) is 11.5 Å². The maximum atomic E-state index is 8.65. The molecule has 0 saturated carbocycles. The molecule has 0 aliphatic heterocycles. The Bertz CT molecular complexity index is 869. The molecule has 0 aliphatic carbocycles. The fourth-order valence-electron chi connectivity index (χ4n) is 2.67. The van der Waals surface area contributed by atoms with E-state index in [4.69, 9.17) is 16.9 Å². The summed E-state index contributed by atoms with van der Waals surface area (Å²) in [6, 6.07) is 16.4. The summed E-state index contributed by atoms with van der Waals surface area (Å²) >= 11 is 9.77. The molecule has 2 aromatic carbocycles. The maximum absolute atomic E-state index is 8.65. The summed E-state index contributed by atoms with van der Waals surface area (Å²) in [6.07, 6.45) is 0.498. The number of rotatable bonds is 5. The molecule has 6 heteroatoms. The van der Waals surface area contributed by atoms with Gasteiger partial charge in [0.2, 0.25) is 0 Å². The molecule has 1 aromatic heterocycles. The van der Waals surface area contributed by atoms with Gasteiger partial charge in [-0.15, -0.1) is 12.4 Å². The second kappa shape index (κ2) is 8.55. The summed E-state index contributed by atoms with van der Waals surface area (Å²) in [4.78, 5) is 3.47. The zero-order valence-corrected chi connectivity index (χ0v) is 15.9. The third kappa shape index (κ3) is 3.93. The lowest BCUT2D eigenvalue weighted by atomic mass is 10.0. The second-order valence-electron chi connectivity index (χ2n) is 5.24. The number of hydrogen-bond donors (Lipinski definition) is 2. The summed E-state index contributed by atoms with van der Waals surface area (Å²) in [5, 5.41) is 13.7. The maximum Gasteiger partial charge on any atom is 0.0635 e. The van der Waals surface area contributed by atoms with Crippen molar-refractivity contribution in [3.63, 3.8) is 0 Å². The van der Waals surface area contributed by atoms with Gasteiger partial charge in [-0.05, 0) is 33.6 Å². The predicted octanol–water partition coefficient (Wildman–Crippen LogP) is 5.68. The van der Waals surface area contributed by atoms with Gasteiger partial charge in [-0.25, -0.2) is 0 Å². The van der Waals surface area contributed by atoms with E-state index in [-0.39, 0.29) is 12.4 Å². The van der Waals surface area contributed by atoms with Gasteiger partial charge in [0, 0.05) is 46.1 Å². The molecule has 0 atom stereocenters. The average Bonchev–Trinajstić information content (AvgIpc) is 2.90. The van der Waals surface area contributed by atoms with Gasteiger partial charge in [-0.2, -0.15) is 5.26 Å². The molecule has 2 N–H and O–H groups in total. The molecule has 3 nitrogen and oxygen atoms in total.